The highest BCUT2D eigenvalue weighted by Gasteiger charge is 2.20. The Morgan fingerprint density at radius 3 is 1.72 bits per heavy atom. The molecule has 0 rings (SSSR count). The number of carbonyl (C=O) groups is 2. The summed E-state index contributed by atoms with van der Waals surface area (Å²) < 4.78 is 5.04. The Morgan fingerprint density at radius 2 is 1.12 bits per heavy atom. The fourth-order valence-corrected chi connectivity index (χ4v) is 4.60. The molecule has 0 heterocycles. The van der Waals surface area contributed by atoms with E-state index in [9.17, 15) is 9.59 Å². The van der Waals surface area contributed by atoms with Crippen molar-refractivity contribution in [1.29, 1.82) is 0 Å². The minimum absolute atomic E-state index is 0.236. The van der Waals surface area contributed by atoms with Crippen LogP contribution in [0.5, 0.6) is 0 Å². The third kappa shape index (κ3) is 29.2. The zero-order valence-electron chi connectivity index (χ0n) is 28.1. The molecule has 1 unspecified atom stereocenters. The van der Waals surface area contributed by atoms with Crippen LogP contribution >= 0.6 is 0 Å². The summed E-state index contributed by atoms with van der Waals surface area (Å²) >= 11 is 0. The summed E-state index contributed by atoms with van der Waals surface area (Å²) in [5.74, 6) is -1.56. The Hall–Kier alpha value is -2.68. The summed E-state index contributed by atoms with van der Waals surface area (Å²) in [6, 6.07) is 0. The number of ether oxygens (including phenoxy) is 1. The van der Waals surface area contributed by atoms with E-state index in [1.54, 1.807) is 6.92 Å². The molecule has 0 aromatic carbocycles. The molecule has 0 aliphatic carbocycles. The fourth-order valence-electron chi connectivity index (χ4n) is 4.60. The summed E-state index contributed by atoms with van der Waals surface area (Å²) in [4.78, 5) is 24.5. The number of hydrogen-bond donors (Lipinski definition) is 0. The van der Waals surface area contributed by atoms with E-state index in [2.05, 4.69) is 69.0 Å². The van der Waals surface area contributed by atoms with Gasteiger partial charge in [0.2, 0.25) is 0 Å². The van der Waals surface area contributed by atoms with E-state index in [0.717, 1.165) is 57.8 Å². The lowest BCUT2D eigenvalue weighted by molar-refractivity contribution is -0.159. The quantitative estimate of drug-likeness (QED) is 0.0227. The standard InChI is InChI=1S/C40H64O3/c1-5-7-9-11-13-15-17-19-21-22-24-26-28-30-32-34-36-38(40(42)43-39(41)37(3)4)35-33-31-29-27-25-23-20-18-16-14-12-10-8-6-2/h8,10,14,16,20,23,26,28,30,32,34,36,38H,3,5-7,9,11-13,15,17-19,21-22,24-25,27,29,31,33,35H2,1-2,4H3/b10-8-,16-14-,23-20-,28-26+,32-30+,36-34+. The molecular weight excluding hydrogens is 528 g/mol. The van der Waals surface area contributed by atoms with Gasteiger partial charge >= 0.3 is 11.9 Å². The molecule has 0 bridgehead atoms. The molecule has 3 nitrogen and oxygen atoms in total. The Labute approximate surface area is 266 Å². The third-order valence-corrected chi connectivity index (χ3v) is 7.30. The molecule has 0 N–H and O–H groups in total. The van der Waals surface area contributed by atoms with Crippen LogP contribution in [0.2, 0.25) is 0 Å². The van der Waals surface area contributed by atoms with Gasteiger partial charge in [-0.05, 0) is 58.3 Å². The summed E-state index contributed by atoms with van der Waals surface area (Å²) in [5.41, 5.74) is 0.236. The molecular formula is C40H64O3. The number of rotatable bonds is 28. The Morgan fingerprint density at radius 1 is 0.605 bits per heavy atom. The second-order valence-electron chi connectivity index (χ2n) is 11.5. The Kier molecular flexibility index (Phi) is 30.2. The lowest BCUT2D eigenvalue weighted by Gasteiger charge is -2.11. The van der Waals surface area contributed by atoms with Crippen molar-refractivity contribution >= 4 is 11.9 Å². The van der Waals surface area contributed by atoms with Crippen molar-refractivity contribution < 1.29 is 14.3 Å². The van der Waals surface area contributed by atoms with Gasteiger partial charge in [0.25, 0.3) is 0 Å². The van der Waals surface area contributed by atoms with Crippen LogP contribution in [0.1, 0.15) is 149 Å². The van der Waals surface area contributed by atoms with Crippen LogP contribution < -0.4 is 0 Å². The first kappa shape index (κ1) is 40.3. The minimum Gasteiger partial charge on any atom is -0.389 e. The van der Waals surface area contributed by atoms with Crippen LogP contribution in [-0.2, 0) is 14.3 Å². The van der Waals surface area contributed by atoms with E-state index >= 15 is 0 Å². The molecule has 3 heteroatoms. The zero-order valence-corrected chi connectivity index (χ0v) is 28.1. The normalized spacial score (nSPS) is 13.1. The molecule has 0 fully saturated rings. The highest BCUT2D eigenvalue weighted by molar-refractivity contribution is 5.96. The van der Waals surface area contributed by atoms with Gasteiger partial charge in [-0.3, -0.25) is 4.79 Å². The van der Waals surface area contributed by atoms with Crippen molar-refractivity contribution in [2.24, 2.45) is 5.92 Å². The van der Waals surface area contributed by atoms with E-state index in [4.69, 9.17) is 4.74 Å². The molecule has 0 radical (unpaired) electrons. The van der Waals surface area contributed by atoms with Crippen LogP contribution in [-0.4, -0.2) is 11.9 Å². The molecule has 0 aromatic rings. The van der Waals surface area contributed by atoms with Gasteiger partial charge in [0.15, 0.2) is 0 Å². The van der Waals surface area contributed by atoms with E-state index in [1.807, 2.05) is 24.3 Å². The largest absolute Gasteiger partial charge is 0.389 e. The maximum Gasteiger partial charge on any atom is 0.340 e. The average molecular weight is 593 g/mol. The molecule has 0 amide bonds. The van der Waals surface area contributed by atoms with Gasteiger partial charge in [0, 0.05) is 5.57 Å². The maximum atomic E-state index is 12.6. The van der Waals surface area contributed by atoms with Crippen LogP contribution in [0.25, 0.3) is 0 Å². The first-order chi connectivity index (χ1) is 21.0. The van der Waals surface area contributed by atoms with E-state index in [-0.39, 0.29) is 5.57 Å². The average Bonchev–Trinajstić information content (AvgIpc) is 2.99. The van der Waals surface area contributed by atoms with E-state index in [1.165, 1.54) is 64.2 Å². The van der Waals surface area contributed by atoms with Gasteiger partial charge in [-0.15, -0.1) is 0 Å². The molecule has 1 atom stereocenters. The fraction of sp³-hybridized carbons (Fsp3) is 0.600. The summed E-state index contributed by atoms with van der Waals surface area (Å²) in [6.07, 6.45) is 49.1. The van der Waals surface area contributed by atoms with E-state index < -0.39 is 17.9 Å². The number of hydrogen-bond acceptors (Lipinski definition) is 3. The zero-order chi connectivity index (χ0) is 31.6. The molecule has 0 aromatic heterocycles. The summed E-state index contributed by atoms with van der Waals surface area (Å²) in [6.45, 7) is 9.56. The van der Waals surface area contributed by atoms with Gasteiger partial charge in [-0.1, -0.05) is 170 Å². The number of allylic oxidation sites excluding steroid dienone is 11. The summed E-state index contributed by atoms with van der Waals surface area (Å²) in [7, 11) is 0. The van der Waals surface area contributed by atoms with Crippen molar-refractivity contribution in [3.63, 3.8) is 0 Å². The molecule has 242 valence electrons. The van der Waals surface area contributed by atoms with Crippen molar-refractivity contribution in [3.8, 4) is 0 Å². The second-order valence-corrected chi connectivity index (χ2v) is 11.5. The Bertz CT molecular complexity index is 868. The molecule has 0 aliphatic heterocycles. The first-order valence-electron chi connectivity index (χ1n) is 17.4. The molecule has 0 aliphatic rings. The maximum absolute atomic E-state index is 12.6. The molecule has 43 heavy (non-hydrogen) atoms. The van der Waals surface area contributed by atoms with E-state index in [0.29, 0.717) is 6.42 Å². The number of carbonyl (C=O) groups excluding carboxylic acids is 2. The Balaban J connectivity index is 4.28. The SMILES string of the molecule is C=C(C)C(=O)OC(=O)C(/C=C/C=C/C=C/CCCCCCCCCCCC)CCCCCC/C=C\C/C=C\C/C=C\CC. The van der Waals surface area contributed by atoms with Gasteiger partial charge in [0.1, 0.15) is 0 Å². The topological polar surface area (TPSA) is 43.4 Å². The highest BCUT2D eigenvalue weighted by atomic mass is 16.6. The smallest absolute Gasteiger partial charge is 0.340 e. The van der Waals surface area contributed by atoms with Gasteiger partial charge in [-0.2, -0.15) is 0 Å². The molecule has 0 spiro atoms. The number of unbranched alkanes of at least 4 members (excludes halogenated alkanes) is 14. The first-order valence-corrected chi connectivity index (χ1v) is 17.4. The second kappa shape index (κ2) is 32.2. The van der Waals surface area contributed by atoms with Crippen molar-refractivity contribution in [3.05, 3.63) is 85.1 Å². The summed E-state index contributed by atoms with van der Waals surface area (Å²) in [5, 5.41) is 0. The van der Waals surface area contributed by atoms with Gasteiger partial charge in [0.05, 0.1) is 5.92 Å². The third-order valence-electron chi connectivity index (χ3n) is 7.30. The lowest BCUT2D eigenvalue weighted by atomic mass is 9.99. The molecule has 0 saturated carbocycles. The van der Waals surface area contributed by atoms with Gasteiger partial charge < -0.3 is 4.74 Å². The predicted molar refractivity (Wildman–Crippen MR) is 188 cm³/mol. The minimum atomic E-state index is -0.645. The monoisotopic (exact) mass is 592 g/mol. The predicted octanol–water partition coefficient (Wildman–Crippen LogP) is 12.4. The van der Waals surface area contributed by atoms with Crippen molar-refractivity contribution in [1.82, 2.24) is 0 Å². The lowest BCUT2D eigenvalue weighted by Crippen LogP contribution is -2.20. The van der Waals surface area contributed by atoms with Gasteiger partial charge in [-0.25, -0.2) is 4.79 Å². The van der Waals surface area contributed by atoms with Crippen molar-refractivity contribution in [2.75, 3.05) is 0 Å². The highest BCUT2D eigenvalue weighted by Crippen LogP contribution is 2.16. The van der Waals surface area contributed by atoms with Crippen LogP contribution in [0.3, 0.4) is 0 Å². The van der Waals surface area contributed by atoms with Crippen LogP contribution in [0.15, 0.2) is 85.1 Å². The van der Waals surface area contributed by atoms with Crippen LogP contribution in [0, 0.1) is 5.92 Å². The van der Waals surface area contributed by atoms with Crippen molar-refractivity contribution in [2.45, 2.75) is 149 Å². The number of esters is 2. The molecule has 0 saturated heterocycles. The van der Waals surface area contributed by atoms with Crippen LogP contribution in [0.4, 0.5) is 0 Å².